The minimum absolute atomic E-state index is 0.0425. The van der Waals surface area contributed by atoms with Crippen molar-refractivity contribution in [3.63, 3.8) is 0 Å². The Bertz CT molecular complexity index is 2330. The lowest BCUT2D eigenvalue weighted by Gasteiger charge is -2.42. The van der Waals surface area contributed by atoms with Gasteiger partial charge in [-0.25, -0.2) is 8.42 Å². The van der Waals surface area contributed by atoms with E-state index in [4.69, 9.17) is 0 Å². The van der Waals surface area contributed by atoms with Crippen LogP contribution >= 0.6 is 11.8 Å². The lowest BCUT2D eigenvalue weighted by Crippen LogP contribution is -2.46. The fourth-order valence-electron chi connectivity index (χ4n) is 7.04. The van der Waals surface area contributed by atoms with Crippen molar-refractivity contribution in [3.05, 3.63) is 123 Å². The van der Waals surface area contributed by atoms with Crippen LogP contribution in [0.5, 0.6) is 0 Å². The molecule has 1 N–H and O–H groups in total. The van der Waals surface area contributed by atoms with Gasteiger partial charge in [0, 0.05) is 47.6 Å². The summed E-state index contributed by atoms with van der Waals surface area (Å²) in [6, 6.07) is 26.9. The zero-order valence-electron chi connectivity index (χ0n) is 28.4. The summed E-state index contributed by atoms with van der Waals surface area (Å²) in [6.07, 6.45) is 2.71. The molecule has 1 aromatic heterocycles. The Hall–Kier alpha value is -5.45. The minimum atomic E-state index is -4.15. The van der Waals surface area contributed by atoms with E-state index in [2.05, 4.69) is 41.5 Å². The van der Waals surface area contributed by atoms with Gasteiger partial charge in [-0.3, -0.25) is 30.2 Å². The number of hydrazone groups is 1. The van der Waals surface area contributed by atoms with Crippen molar-refractivity contribution < 1.29 is 18.3 Å². The number of para-hydroxylation sites is 1. The van der Waals surface area contributed by atoms with Gasteiger partial charge in [-0.1, -0.05) is 75.4 Å². The minimum Gasteiger partial charge on any atom is -0.277 e. The summed E-state index contributed by atoms with van der Waals surface area (Å²) in [5.74, 6) is 0.578. The number of nitro groups is 2. The number of aromatic nitrogens is 3. The van der Waals surface area contributed by atoms with Gasteiger partial charge in [0.05, 0.1) is 26.6 Å². The maximum absolute atomic E-state index is 14.0. The molecule has 1 aliphatic heterocycles. The summed E-state index contributed by atoms with van der Waals surface area (Å²) in [5.41, 5.74) is 3.90. The molecule has 2 fully saturated rings. The van der Waals surface area contributed by atoms with E-state index in [1.54, 1.807) is 12.1 Å². The number of nitrogens with zero attached hydrogens (tertiary/aromatic N) is 7. The Morgan fingerprint density at radius 3 is 2.25 bits per heavy atom. The van der Waals surface area contributed by atoms with Crippen LogP contribution in [0, 0.1) is 31.1 Å². The van der Waals surface area contributed by atoms with Crippen molar-refractivity contribution in [2.45, 2.75) is 54.6 Å². The molecule has 2 aliphatic rings. The largest absolute Gasteiger partial charge is 0.283 e. The molecule has 0 unspecified atom stereocenters. The SMILES string of the molecule is CC1(C)C[C@H]2C[C@@]1(C)CN2S(=O)(=O)c1cc([N+](=O)[O-])ccc1N/N=C\c1ccc(Sc2nnc(-c3ccccc3)n2-c2ccccc2)c([N+](=O)[O-])c1. The van der Waals surface area contributed by atoms with E-state index in [-0.39, 0.29) is 38.8 Å². The van der Waals surface area contributed by atoms with E-state index >= 15 is 0 Å². The van der Waals surface area contributed by atoms with E-state index in [1.807, 2.05) is 65.2 Å². The average Bonchev–Trinajstić information content (AvgIpc) is 3.77. The number of sulfonamides is 1. The Labute approximate surface area is 303 Å². The second-order valence-electron chi connectivity index (χ2n) is 13.8. The maximum atomic E-state index is 14.0. The molecule has 16 heteroatoms. The molecule has 0 radical (unpaired) electrons. The molecule has 4 aromatic carbocycles. The predicted octanol–water partition coefficient (Wildman–Crippen LogP) is 7.55. The molecule has 0 amide bonds. The summed E-state index contributed by atoms with van der Waals surface area (Å²) in [7, 11) is -4.15. The molecule has 2 heterocycles. The first-order valence-corrected chi connectivity index (χ1v) is 18.6. The summed E-state index contributed by atoms with van der Waals surface area (Å²) in [4.78, 5) is 22.8. The molecular weight excluding hydrogens is 705 g/mol. The van der Waals surface area contributed by atoms with Gasteiger partial charge < -0.3 is 0 Å². The average molecular weight is 739 g/mol. The number of benzene rings is 4. The Balaban J connectivity index is 1.16. The monoisotopic (exact) mass is 738 g/mol. The molecule has 1 saturated carbocycles. The lowest BCUT2D eigenvalue weighted by atomic mass is 9.69. The fraction of sp³-hybridized carbons (Fsp3) is 0.250. The van der Waals surface area contributed by atoms with Gasteiger partial charge in [0.25, 0.3) is 11.4 Å². The Morgan fingerprint density at radius 1 is 0.904 bits per heavy atom. The Morgan fingerprint density at radius 2 is 1.62 bits per heavy atom. The van der Waals surface area contributed by atoms with Crippen LogP contribution in [0.25, 0.3) is 17.1 Å². The Kier molecular flexibility index (Phi) is 8.92. The van der Waals surface area contributed by atoms with E-state index in [9.17, 15) is 28.6 Å². The van der Waals surface area contributed by atoms with Gasteiger partial charge in [0.1, 0.15) is 4.90 Å². The van der Waals surface area contributed by atoms with Crippen molar-refractivity contribution in [3.8, 4) is 17.1 Å². The number of piperidine rings is 1. The molecule has 52 heavy (non-hydrogen) atoms. The van der Waals surface area contributed by atoms with Crippen molar-refractivity contribution in [1.82, 2.24) is 19.1 Å². The van der Waals surface area contributed by atoms with Crippen molar-refractivity contribution in [2.75, 3.05) is 12.0 Å². The van der Waals surface area contributed by atoms with Gasteiger partial charge in [-0.15, -0.1) is 10.2 Å². The summed E-state index contributed by atoms with van der Waals surface area (Å²) in [6.45, 7) is 6.67. The van der Waals surface area contributed by atoms with Crippen molar-refractivity contribution in [1.29, 1.82) is 0 Å². The standard InChI is InChI=1S/C36H34N8O6S2/c1-35(2)20-28-21-36(35,3)23-41(28)52(49,50)32-19-27(43(45)46)15-16-29(32)38-37-22-24-14-17-31(30(18-24)44(47)48)51-34-40-39-33(25-10-6-4-7-11-25)42(34)26-12-8-5-9-13-26/h4-19,22,28,38H,20-21,23H2,1-3H3/b37-22-/t28-,36-/m0/s1. The number of anilines is 1. The van der Waals surface area contributed by atoms with Crippen molar-refractivity contribution in [2.24, 2.45) is 15.9 Å². The number of non-ortho nitro benzene ring substituents is 1. The number of hydrogen-bond donors (Lipinski definition) is 1. The number of rotatable bonds is 11. The van der Waals surface area contributed by atoms with E-state index in [1.165, 1.54) is 28.7 Å². The van der Waals surface area contributed by atoms with E-state index < -0.39 is 19.9 Å². The van der Waals surface area contributed by atoms with Gasteiger partial charge in [-0.2, -0.15) is 9.41 Å². The smallest absolute Gasteiger partial charge is 0.277 e. The van der Waals surface area contributed by atoms with Crippen LogP contribution in [0.4, 0.5) is 17.1 Å². The first kappa shape index (κ1) is 35.0. The number of nitrogens with one attached hydrogen (secondary N) is 1. The van der Waals surface area contributed by atoms with Gasteiger partial charge in [0.15, 0.2) is 5.82 Å². The van der Waals surface area contributed by atoms with Gasteiger partial charge >= 0.3 is 0 Å². The summed E-state index contributed by atoms with van der Waals surface area (Å²) >= 11 is 1.09. The van der Waals surface area contributed by atoms with E-state index in [0.29, 0.717) is 40.8 Å². The quantitative estimate of drug-likeness (QED) is 0.0808. The third kappa shape index (κ3) is 6.33. The fourth-order valence-corrected chi connectivity index (χ4v) is 9.88. The first-order chi connectivity index (χ1) is 24.8. The van der Waals surface area contributed by atoms with Crippen LogP contribution in [0.15, 0.2) is 117 Å². The van der Waals surface area contributed by atoms with Gasteiger partial charge in [0.2, 0.25) is 15.2 Å². The number of hydrogen-bond acceptors (Lipinski definition) is 11. The molecule has 7 rings (SSSR count). The molecule has 2 bridgehead atoms. The topological polar surface area (TPSA) is 179 Å². The van der Waals surface area contributed by atoms with Crippen LogP contribution in [0.2, 0.25) is 0 Å². The van der Waals surface area contributed by atoms with Crippen LogP contribution in [-0.4, -0.2) is 56.1 Å². The normalized spacial score (nSPS) is 19.6. The summed E-state index contributed by atoms with van der Waals surface area (Å²) < 4.78 is 31.4. The van der Waals surface area contributed by atoms with Crippen LogP contribution < -0.4 is 5.43 Å². The zero-order chi connectivity index (χ0) is 36.8. The highest BCUT2D eigenvalue weighted by molar-refractivity contribution is 7.99. The third-order valence-electron chi connectivity index (χ3n) is 10.2. The molecule has 1 aliphatic carbocycles. The first-order valence-electron chi connectivity index (χ1n) is 16.4. The molecule has 266 valence electrons. The molecule has 5 aromatic rings. The molecule has 14 nitrogen and oxygen atoms in total. The third-order valence-corrected chi connectivity index (χ3v) is 13.2. The highest BCUT2D eigenvalue weighted by Crippen LogP contribution is 2.60. The zero-order valence-corrected chi connectivity index (χ0v) is 30.0. The second-order valence-corrected chi connectivity index (χ2v) is 16.7. The number of nitro benzene ring substituents is 2. The molecular formula is C36H34N8O6S2. The number of fused-ring (bicyclic) bond motifs is 2. The van der Waals surface area contributed by atoms with Crippen molar-refractivity contribution >= 4 is 45.1 Å². The highest BCUT2D eigenvalue weighted by Gasteiger charge is 2.60. The lowest BCUT2D eigenvalue weighted by molar-refractivity contribution is -0.387. The second kappa shape index (κ2) is 13.3. The van der Waals surface area contributed by atoms with Gasteiger partial charge in [-0.05, 0) is 59.7 Å². The van der Waals surface area contributed by atoms with Crippen LogP contribution in [0.3, 0.4) is 0 Å². The maximum Gasteiger partial charge on any atom is 0.283 e. The predicted molar refractivity (Wildman–Crippen MR) is 197 cm³/mol. The molecule has 2 atom stereocenters. The van der Waals surface area contributed by atoms with E-state index in [0.717, 1.165) is 29.1 Å². The summed E-state index contributed by atoms with van der Waals surface area (Å²) in [5, 5.41) is 37.4. The van der Waals surface area contributed by atoms with Crippen LogP contribution in [0.1, 0.15) is 39.2 Å². The highest BCUT2D eigenvalue weighted by atomic mass is 32.2. The van der Waals surface area contributed by atoms with Crippen LogP contribution in [-0.2, 0) is 10.0 Å². The molecule has 1 saturated heterocycles. The molecule has 0 spiro atoms.